The van der Waals surface area contributed by atoms with Crippen LogP contribution in [0.5, 0.6) is 0 Å². The Morgan fingerprint density at radius 3 is 2.63 bits per heavy atom. The number of hydrogen-bond acceptors (Lipinski definition) is 6. The minimum Gasteiger partial charge on any atom is -0.370 e. The average Bonchev–Trinajstić information content (AvgIpc) is 2.35. The maximum Gasteiger partial charge on any atom is 0.359 e. The van der Waals surface area contributed by atoms with Crippen LogP contribution in [0.3, 0.4) is 0 Å². The highest BCUT2D eigenvalue weighted by atomic mass is 35.5. The Morgan fingerprint density at radius 2 is 2.21 bits per heavy atom. The predicted molar refractivity (Wildman–Crippen MR) is 68.9 cm³/mol. The van der Waals surface area contributed by atoms with E-state index in [4.69, 9.17) is 17.5 Å². The molecule has 1 atom stereocenters. The number of carbonyl (C=O) groups is 1. The zero-order valence-corrected chi connectivity index (χ0v) is 11.5. The molecule has 0 fully saturated rings. The second-order valence-electron chi connectivity index (χ2n) is 4.10. The van der Waals surface area contributed by atoms with Gasteiger partial charge in [0, 0.05) is 0 Å². The van der Waals surface area contributed by atoms with Gasteiger partial charge in [0.2, 0.25) is 5.15 Å². The highest BCUT2D eigenvalue weighted by Gasteiger charge is 2.32. The number of halogens is 1. The maximum atomic E-state index is 11.7. The molecule has 0 aliphatic heterocycles. The Balaban J connectivity index is 3.75. The van der Waals surface area contributed by atoms with Gasteiger partial charge in [0.25, 0.3) is 0 Å². The summed E-state index contributed by atoms with van der Waals surface area (Å²) in [5.41, 5.74) is 0.0942. The first-order valence-electron chi connectivity index (χ1n) is 5.60. The smallest absolute Gasteiger partial charge is 0.359 e. The second-order valence-corrected chi connectivity index (χ2v) is 4.46. The number of hydrogen-bond donors (Lipinski definition) is 1. The molecule has 1 aromatic rings. The van der Waals surface area contributed by atoms with Gasteiger partial charge < -0.3 is 4.84 Å². The van der Waals surface area contributed by atoms with E-state index in [1.165, 1.54) is 6.92 Å². The van der Waals surface area contributed by atoms with Gasteiger partial charge >= 0.3 is 11.7 Å². The Hall–Kier alpha value is -1.73. The highest BCUT2D eigenvalue weighted by molar-refractivity contribution is 6.31. The fourth-order valence-corrected chi connectivity index (χ4v) is 2.15. The fraction of sp³-hybridized carbons (Fsp3) is 0.455. The van der Waals surface area contributed by atoms with Crippen LogP contribution in [0.1, 0.15) is 47.8 Å². The summed E-state index contributed by atoms with van der Waals surface area (Å²) in [5, 5.41) is 10.9. The molecule has 8 heteroatoms. The molecule has 0 saturated heterocycles. The van der Waals surface area contributed by atoms with Crippen LogP contribution in [-0.4, -0.2) is 15.9 Å². The predicted octanol–water partition coefficient (Wildman–Crippen LogP) is 2.50. The Morgan fingerprint density at radius 1 is 1.63 bits per heavy atom. The lowest BCUT2D eigenvalue weighted by atomic mass is 9.92. The molecule has 2 N–H and O–H groups in total. The van der Waals surface area contributed by atoms with E-state index >= 15 is 0 Å². The van der Waals surface area contributed by atoms with Crippen molar-refractivity contribution in [1.29, 1.82) is 0 Å². The van der Waals surface area contributed by atoms with E-state index in [1.54, 1.807) is 6.92 Å². The van der Waals surface area contributed by atoms with Gasteiger partial charge in [0.15, 0.2) is 0 Å². The summed E-state index contributed by atoms with van der Waals surface area (Å²) >= 11 is 5.81. The number of aromatic nitrogens is 1. The topological polar surface area (TPSA) is 108 Å². The van der Waals surface area contributed by atoms with Crippen molar-refractivity contribution in [2.24, 2.45) is 5.90 Å². The molecule has 1 rings (SSSR count). The molecule has 1 unspecified atom stereocenters. The molecule has 1 aromatic heterocycles. The quantitative estimate of drug-likeness (QED) is 0.518. The average molecular weight is 288 g/mol. The summed E-state index contributed by atoms with van der Waals surface area (Å²) in [6.07, 6.45) is 0.589. The number of aryl methyl sites for hydroxylation is 1. The van der Waals surface area contributed by atoms with Crippen LogP contribution in [0.15, 0.2) is 0 Å². The molecule has 0 amide bonds. The molecule has 7 nitrogen and oxygen atoms in total. The van der Waals surface area contributed by atoms with Crippen LogP contribution in [-0.2, 0) is 4.84 Å². The number of nitrogens with zero attached hydrogens (tertiary/aromatic N) is 2. The minimum absolute atomic E-state index is 0.00736. The summed E-state index contributed by atoms with van der Waals surface area (Å²) in [5.74, 6) is 3.75. The lowest BCUT2D eigenvalue weighted by Gasteiger charge is -2.15. The minimum atomic E-state index is -0.861. The first-order chi connectivity index (χ1) is 8.84. The molecular formula is C11H14ClN3O4. The number of nitrogens with two attached hydrogens (primary N) is 1. The summed E-state index contributed by atoms with van der Waals surface area (Å²) < 4.78 is 0. The monoisotopic (exact) mass is 287 g/mol. The van der Waals surface area contributed by atoms with Gasteiger partial charge in [-0.1, -0.05) is 25.4 Å². The van der Waals surface area contributed by atoms with Gasteiger partial charge in [-0.2, -0.15) is 5.90 Å². The zero-order chi connectivity index (χ0) is 14.7. The SMILES string of the molecule is CCC(C)c1c(C(=O)ON)c(C)nc(Cl)c1[N+](=O)[O-]. The van der Waals surface area contributed by atoms with E-state index in [1.807, 2.05) is 6.92 Å². The van der Waals surface area contributed by atoms with Crippen molar-refractivity contribution < 1.29 is 14.6 Å². The lowest BCUT2D eigenvalue weighted by Crippen LogP contribution is -2.18. The summed E-state index contributed by atoms with van der Waals surface area (Å²) in [6.45, 7) is 5.12. The third-order valence-corrected chi connectivity index (χ3v) is 3.21. The third-order valence-electron chi connectivity index (χ3n) is 2.95. The van der Waals surface area contributed by atoms with Crippen molar-refractivity contribution in [3.63, 3.8) is 0 Å². The number of nitro groups is 1. The van der Waals surface area contributed by atoms with Crippen molar-refractivity contribution in [3.8, 4) is 0 Å². The first kappa shape index (κ1) is 15.3. The number of rotatable bonds is 4. The largest absolute Gasteiger partial charge is 0.370 e. The van der Waals surface area contributed by atoms with E-state index in [9.17, 15) is 14.9 Å². The van der Waals surface area contributed by atoms with Crippen LogP contribution >= 0.6 is 11.6 Å². The van der Waals surface area contributed by atoms with Gasteiger partial charge in [0.05, 0.1) is 21.7 Å². The summed E-state index contributed by atoms with van der Waals surface area (Å²) in [7, 11) is 0. The summed E-state index contributed by atoms with van der Waals surface area (Å²) in [4.78, 5) is 30.2. The molecule has 0 aromatic carbocycles. The number of carbonyl (C=O) groups excluding carboxylic acids is 1. The van der Waals surface area contributed by atoms with Crippen molar-refractivity contribution >= 4 is 23.3 Å². The lowest BCUT2D eigenvalue weighted by molar-refractivity contribution is -0.385. The van der Waals surface area contributed by atoms with Crippen molar-refractivity contribution in [3.05, 3.63) is 32.1 Å². The molecule has 0 aliphatic carbocycles. The second kappa shape index (κ2) is 5.94. The Bertz CT molecular complexity index is 533. The summed E-state index contributed by atoms with van der Waals surface area (Å²) in [6, 6.07) is 0. The molecule has 0 aliphatic rings. The fourth-order valence-electron chi connectivity index (χ4n) is 1.85. The molecule has 104 valence electrons. The standard InChI is InChI=1S/C11H14ClN3O4/c1-4-5(2)7-8(11(16)19-13)6(3)14-10(12)9(7)15(17)18/h5H,4,13H2,1-3H3. The molecule has 0 bridgehead atoms. The van der Waals surface area contributed by atoms with Crippen molar-refractivity contribution in [2.45, 2.75) is 33.1 Å². The number of pyridine rings is 1. The molecule has 1 heterocycles. The van der Waals surface area contributed by atoms with E-state index in [2.05, 4.69) is 9.82 Å². The molecule has 0 saturated carbocycles. The Labute approximate surface area is 114 Å². The zero-order valence-electron chi connectivity index (χ0n) is 10.8. The molecule has 0 spiro atoms. The van der Waals surface area contributed by atoms with Crippen LogP contribution in [0.25, 0.3) is 0 Å². The van der Waals surface area contributed by atoms with Crippen LogP contribution in [0, 0.1) is 17.0 Å². The normalized spacial score (nSPS) is 12.1. The first-order valence-corrected chi connectivity index (χ1v) is 5.98. The van der Waals surface area contributed by atoms with Crippen molar-refractivity contribution in [1.82, 2.24) is 4.98 Å². The van der Waals surface area contributed by atoms with Gasteiger partial charge in [0.1, 0.15) is 0 Å². The Kier molecular flexibility index (Phi) is 4.79. The van der Waals surface area contributed by atoms with Crippen LogP contribution < -0.4 is 5.90 Å². The molecule has 0 radical (unpaired) electrons. The molecular weight excluding hydrogens is 274 g/mol. The van der Waals surface area contributed by atoms with Crippen molar-refractivity contribution in [2.75, 3.05) is 0 Å². The van der Waals surface area contributed by atoms with Crippen LogP contribution in [0.4, 0.5) is 5.69 Å². The van der Waals surface area contributed by atoms with Gasteiger partial charge in [-0.15, -0.1) is 0 Å². The van der Waals surface area contributed by atoms with E-state index < -0.39 is 10.9 Å². The highest BCUT2D eigenvalue weighted by Crippen LogP contribution is 2.37. The van der Waals surface area contributed by atoms with Gasteiger partial charge in [-0.3, -0.25) is 10.1 Å². The van der Waals surface area contributed by atoms with E-state index in [-0.39, 0.29) is 33.6 Å². The van der Waals surface area contributed by atoms with Gasteiger partial charge in [-0.25, -0.2) is 9.78 Å². The van der Waals surface area contributed by atoms with E-state index in [0.717, 1.165) is 0 Å². The van der Waals surface area contributed by atoms with Gasteiger partial charge in [-0.05, 0) is 19.3 Å². The third kappa shape index (κ3) is 2.82. The molecule has 19 heavy (non-hydrogen) atoms. The van der Waals surface area contributed by atoms with Crippen LogP contribution in [0.2, 0.25) is 5.15 Å². The maximum absolute atomic E-state index is 11.7. The van der Waals surface area contributed by atoms with E-state index in [0.29, 0.717) is 6.42 Å².